The fraction of sp³-hybridized carbons (Fsp3) is 0.267. The number of rotatable bonds is 2. The minimum atomic E-state index is -0.0325. The van der Waals surface area contributed by atoms with Crippen LogP contribution < -0.4 is 10.6 Å². The molecule has 102 valence electrons. The summed E-state index contributed by atoms with van der Waals surface area (Å²) < 4.78 is 0. The highest BCUT2D eigenvalue weighted by atomic mass is 15.2. The molecule has 0 spiro atoms. The van der Waals surface area contributed by atoms with Gasteiger partial charge in [-0.05, 0) is 24.0 Å². The largest absolute Gasteiger partial charge is 0.382 e. The van der Waals surface area contributed by atoms with E-state index >= 15 is 0 Å². The Balaban J connectivity index is 1.89. The Kier molecular flexibility index (Phi) is 3.33. The van der Waals surface area contributed by atoms with E-state index in [0.29, 0.717) is 11.5 Å². The summed E-state index contributed by atoms with van der Waals surface area (Å²) in [7, 11) is 0. The summed E-state index contributed by atoms with van der Waals surface area (Å²) in [6.07, 6.45) is 5.18. The van der Waals surface area contributed by atoms with Crippen molar-refractivity contribution in [3.05, 3.63) is 53.5 Å². The van der Waals surface area contributed by atoms with Crippen LogP contribution in [0.15, 0.2) is 36.7 Å². The molecule has 1 aromatic heterocycles. The lowest BCUT2D eigenvalue weighted by Crippen LogP contribution is -2.30. The normalized spacial score (nSPS) is 14.5. The summed E-state index contributed by atoms with van der Waals surface area (Å²) in [5.74, 6) is 0.683. The topological polar surface area (TPSA) is 78.9 Å². The van der Waals surface area contributed by atoms with E-state index in [1.165, 1.54) is 11.1 Å². The van der Waals surface area contributed by atoms with Gasteiger partial charge >= 0.3 is 0 Å². The van der Waals surface area contributed by atoms with Gasteiger partial charge in [0.1, 0.15) is 11.5 Å². The molecule has 1 aliphatic heterocycles. The maximum Gasteiger partial charge on any atom is 0.158 e. The first kappa shape index (κ1) is 12.6. The van der Waals surface area contributed by atoms with E-state index in [4.69, 9.17) is 11.1 Å². The average Bonchev–Trinajstić information content (AvgIpc) is 2.70. The third-order valence-electron chi connectivity index (χ3n) is 3.65. The predicted molar refractivity (Wildman–Crippen MR) is 79.1 cm³/mol. The third-order valence-corrected chi connectivity index (χ3v) is 3.65. The molecule has 0 amide bonds. The second-order valence-electron chi connectivity index (χ2n) is 4.90. The van der Waals surface area contributed by atoms with Crippen LogP contribution in [0.25, 0.3) is 0 Å². The molecule has 0 aliphatic carbocycles. The highest BCUT2D eigenvalue weighted by Crippen LogP contribution is 2.21. The lowest BCUT2D eigenvalue weighted by Gasteiger charge is -2.22. The number of nitrogens with zero attached hydrogens (tertiary/aromatic N) is 3. The first-order valence-electron chi connectivity index (χ1n) is 6.73. The van der Waals surface area contributed by atoms with Crippen LogP contribution in [0, 0.1) is 5.41 Å². The molecule has 0 atom stereocenters. The van der Waals surface area contributed by atoms with Crippen LogP contribution >= 0.6 is 0 Å². The molecule has 20 heavy (non-hydrogen) atoms. The van der Waals surface area contributed by atoms with Crippen LogP contribution in [0.1, 0.15) is 16.8 Å². The minimum absolute atomic E-state index is 0.0325. The van der Waals surface area contributed by atoms with E-state index in [2.05, 4.69) is 39.1 Å². The molecular formula is C15H17N5. The highest BCUT2D eigenvalue weighted by molar-refractivity contribution is 5.97. The van der Waals surface area contributed by atoms with Crippen molar-refractivity contribution in [3.63, 3.8) is 0 Å². The number of nitrogen functional groups attached to an aromatic ring is 1. The third kappa shape index (κ3) is 2.34. The van der Waals surface area contributed by atoms with Crippen molar-refractivity contribution in [2.45, 2.75) is 12.8 Å². The summed E-state index contributed by atoms with van der Waals surface area (Å²) in [6.45, 7) is 1.74. The van der Waals surface area contributed by atoms with Crippen LogP contribution in [0.2, 0.25) is 0 Å². The van der Waals surface area contributed by atoms with Crippen molar-refractivity contribution in [3.8, 4) is 0 Å². The van der Waals surface area contributed by atoms with Crippen LogP contribution in [0.4, 0.5) is 5.82 Å². The lowest BCUT2D eigenvalue weighted by atomic mass is 10.0. The number of benzene rings is 1. The minimum Gasteiger partial charge on any atom is -0.382 e. The molecule has 2 aromatic rings. The van der Waals surface area contributed by atoms with Gasteiger partial charge in [-0.25, -0.2) is 9.97 Å². The Hall–Kier alpha value is -2.43. The average molecular weight is 267 g/mol. The molecule has 0 saturated carbocycles. The number of nitrogens with two attached hydrogens (primary N) is 1. The van der Waals surface area contributed by atoms with Gasteiger partial charge in [0.2, 0.25) is 0 Å². The standard InChI is InChI=1S/C15H17N5/c16-14(17)13-15(19-8-7-18-13)20-9-5-11-3-1-2-4-12(11)6-10-20/h1-4,7-8H,5-6,9-10H2,(H3,16,17). The van der Waals surface area contributed by atoms with E-state index in [9.17, 15) is 0 Å². The molecule has 3 N–H and O–H groups in total. The Labute approximate surface area is 118 Å². The van der Waals surface area contributed by atoms with Gasteiger partial charge in [0.05, 0.1) is 0 Å². The fourth-order valence-electron chi connectivity index (χ4n) is 2.63. The Morgan fingerprint density at radius 3 is 2.25 bits per heavy atom. The van der Waals surface area contributed by atoms with Crippen LogP contribution in [0.5, 0.6) is 0 Å². The number of nitrogens with one attached hydrogen (secondary N) is 1. The van der Waals surface area contributed by atoms with E-state index in [-0.39, 0.29) is 5.84 Å². The van der Waals surface area contributed by atoms with Gasteiger partial charge < -0.3 is 10.6 Å². The fourth-order valence-corrected chi connectivity index (χ4v) is 2.63. The first-order chi connectivity index (χ1) is 9.75. The maximum atomic E-state index is 7.63. The summed E-state index contributed by atoms with van der Waals surface area (Å²) in [4.78, 5) is 10.7. The number of hydrogen-bond acceptors (Lipinski definition) is 4. The predicted octanol–water partition coefficient (Wildman–Crippen LogP) is 1.37. The quantitative estimate of drug-likeness (QED) is 0.636. The zero-order valence-corrected chi connectivity index (χ0v) is 11.2. The van der Waals surface area contributed by atoms with E-state index in [1.807, 2.05) is 0 Å². The molecule has 0 fully saturated rings. The highest BCUT2D eigenvalue weighted by Gasteiger charge is 2.19. The van der Waals surface area contributed by atoms with E-state index in [1.54, 1.807) is 12.4 Å². The number of hydrogen-bond donors (Lipinski definition) is 2. The molecule has 2 heterocycles. The van der Waals surface area contributed by atoms with Gasteiger partial charge in [0.15, 0.2) is 5.82 Å². The van der Waals surface area contributed by atoms with Crippen molar-refractivity contribution < 1.29 is 0 Å². The van der Waals surface area contributed by atoms with Crippen LogP contribution in [0.3, 0.4) is 0 Å². The second kappa shape index (κ2) is 5.28. The number of amidine groups is 1. The van der Waals surface area contributed by atoms with E-state index in [0.717, 1.165) is 25.9 Å². The van der Waals surface area contributed by atoms with Gasteiger partial charge in [-0.2, -0.15) is 0 Å². The van der Waals surface area contributed by atoms with Crippen molar-refractivity contribution >= 4 is 11.7 Å². The van der Waals surface area contributed by atoms with Crippen molar-refractivity contribution in [2.24, 2.45) is 5.73 Å². The monoisotopic (exact) mass is 267 g/mol. The molecule has 3 rings (SSSR count). The Bertz CT molecular complexity index is 611. The van der Waals surface area contributed by atoms with Crippen LogP contribution in [-0.2, 0) is 12.8 Å². The second-order valence-corrected chi connectivity index (χ2v) is 4.90. The summed E-state index contributed by atoms with van der Waals surface area (Å²) in [5, 5.41) is 7.63. The number of anilines is 1. The maximum absolute atomic E-state index is 7.63. The molecule has 5 nitrogen and oxygen atoms in total. The smallest absolute Gasteiger partial charge is 0.158 e. The van der Waals surface area contributed by atoms with Crippen molar-refractivity contribution in [2.75, 3.05) is 18.0 Å². The Morgan fingerprint density at radius 2 is 1.65 bits per heavy atom. The van der Waals surface area contributed by atoms with Gasteiger partial charge in [-0.3, -0.25) is 5.41 Å². The molecule has 5 heteroatoms. The zero-order valence-electron chi connectivity index (χ0n) is 11.2. The van der Waals surface area contributed by atoms with Gasteiger partial charge in [0, 0.05) is 25.5 Å². The van der Waals surface area contributed by atoms with Crippen molar-refractivity contribution in [1.82, 2.24) is 9.97 Å². The molecule has 0 saturated heterocycles. The molecule has 1 aliphatic rings. The van der Waals surface area contributed by atoms with Gasteiger partial charge in [0.25, 0.3) is 0 Å². The summed E-state index contributed by atoms with van der Waals surface area (Å²) in [5.41, 5.74) is 8.85. The van der Waals surface area contributed by atoms with E-state index < -0.39 is 0 Å². The van der Waals surface area contributed by atoms with Crippen molar-refractivity contribution in [1.29, 1.82) is 5.41 Å². The Morgan fingerprint density at radius 1 is 1.05 bits per heavy atom. The SMILES string of the molecule is N=C(N)c1nccnc1N1CCc2ccccc2CC1. The zero-order chi connectivity index (χ0) is 13.9. The molecular weight excluding hydrogens is 250 g/mol. The van der Waals surface area contributed by atoms with Gasteiger partial charge in [-0.1, -0.05) is 24.3 Å². The molecule has 0 radical (unpaired) electrons. The number of aromatic nitrogens is 2. The summed E-state index contributed by atoms with van der Waals surface area (Å²) >= 11 is 0. The summed E-state index contributed by atoms with van der Waals surface area (Å²) in [6, 6.07) is 8.53. The first-order valence-corrected chi connectivity index (χ1v) is 6.73. The molecule has 0 unspecified atom stereocenters. The van der Waals surface area contributed by atoms with Crippen LogP contribution in [-0.4, -0.2) is 28.9 Å². The molecule has 0 bridgehead atoms. The van der Waals surface area contributed by atoms with Gasteiger partial charge in [-0.15, -0.1) is 0 Å². The lowest BCUT2D eigenvalue weighted by molar-refractivity contribution is 0.785. The molecule has 1 aromatic carbocycles. The number of fused-ring (bicyclic) bond motifs is 1.